The Labute approximate surface area is 133 Å². The molecule has 5 unspecified atom stereocenters. The number of rotatable bonds is 3. The molecule has 1 saturated heterocycles. The third-order valence-electron chi connectivity index (χ3n) is 6.63. The van der Waals surface area contributed by atoms with Gasteiger partial charge in [0.05, 0.1) is 11.7 Å². The minimum Gasteiger partial charge on any atom is -0.404 e. The summed E-state index contributed by atoms with van der Waals surface area (Å²) in [6, 6.07) is 10.4. The highest BCUT2D eigenvalue weighted by atomic mass is 16.7. The van der Waals surface area contributed by atoms with E-state index < -0.39 is 0 Å². The summed E-state index contributed by atoms with van der Waals surface area (Å²) in [5.41, 5.74) is 7.87. The molecule has 1 heterocycles. The molecule has 1 aromatic rings. The molecule has 22 heavy (non-hydrogen) atoms. The first kappa shape index (κ1) is 14.7. The summed E-state index contributed by atoms with van der Waals surface area (Å²) in [5.74, 6) is 1.27. The maximum atomic E-state index is 6.43. The van der Waals surface area contributed by atoms with Gasteiger partial charge in [0.2, 0.25) is 0 Å². The van der Waals surface area contributed by atoms with E-state index in [4.69, 9.17) is 15.0 Å². The zero-order valence-electron chi connectivity index (χ0n) is 13.8. The minimum absolute atomic E-state index is 0.106. The predicted molar refractivity (Wildman–Crippen MR) is 88.2 cm³/mol. The van der Waals surface area contributed by atoms with Crippen LogP contribution in [0.15, 0.2) is 30.3 Å². The molecule has 4 heteroatoms. The fourth-order valence-electron chi connectivity index (χ4n) is 5.06. The van der Waals surface area contributed by atoms with Gasteiger partial charge in [-0.3, -0.25) is 0 Å². The molecule has 4 fully saturated rings. The summed E-state index contributed by atoms with van der Waals surface area (Å²) in [5, 5.41) is 0. The molecule has 3 nitrogen and oxygen atoms in total. The third-order valence-corrected chi connectivity index (χ3v) is 6.63. The van der Waals surface area contributed by atoms with Gasteiger partial charge < -0.3 is 15.0 Å². The molecule has 0 radical (unpaired) electrons. The van der Waals surface area contributed by atoms with E-state index in [1.807, 2.05) is 6.07 Å². The second kappa shape index (κ2) is 4.83. The van der Waals surface area contributed by atoms with E-state index in [-0.39, 0.29) is 24.8 Å². The highest BCUT2D eigenvalue weighted by molar-refractivity contribution is 6.47. The Kier molecular flexibility index (Phi) is 3.23. The lowest BCUT2D eigenvalue weighted by Gasteiger charge is -2.64. The summed E-state index contributed by atoms with van der Waals surface area (Å²) >= 11 is 0. The second-order valence-corrected chi connectivity index (χ2v) is 8.19. The van der Waals surface area contributed by atoms with Gasteiger partial charge in [-0.15, -0.1) is 0 Å². The average molecular weight is 299 g/mol. The highest BCUT2D eigenvalue weighted by Gasteiger charge is 2.68. The van der Waals surface area contributed by atoms with Crippen LogP contribution in [-0.2, 0) is 15.7 Å². The molecule has 0 amide bonds. The van der Waals surface area contributed by atoms with Crippen LogP contribution in [0.4, 0.5) is 0 Å². The van der Waals surface area contributed by atoms with Gasteiger partial charge in [0, 0.05) is 5.94 Å². The number of nitrogens with two attached hydrogens (primary N) is 1. The van der Waals surface area contributed by atoms with Crippen molar-refractivity contribution >= 4 is 7.12 Å². The molecular weight excluding hydrogens is 273 g/mol. The van der Waals surface area contributed by atoms with Crippen LogP contribution in [0.25, 0.3) is 0 Å². The van der Waals surface area contributed by atoms with Crippen LogP contribution >= 0.6 is 0 Å². The van der Waals surface area contributed by atoms with Crippen LogP contribution in [0.3, 0.4) is 0 Å². The van der Waals surface area contributed by atoms with Crippen molar-refractivity contribution in [2.24, 2.45) is 23.0 Å². The van der Waals surface area contributed by atoms with Gasteiger partial charge in [-0.1, -0.05) is 44.2 Å². The normalized spacial score (nSPS) is 40.0. The van der Waals surface area contributed by atoms with Crippen molar-refractivity contribution in [1.82, 2.24) is 0 Å². The van der Waals surface area contributed by atoms with Crippen LogP contribution in [0, 0.1) is 17.3 Å². The van der Waals surface area contributed by atoms with Gasteiger partial charge in [-0.25, -0.2) is 0 Å². The summed E-state index contributed by atoms with van der Waals surface area (Å²) < 4.78 is 12.7. The molecule has 3 aliphatic carbocycles. The monoisotopic (exact) mass is 299 g/mol. The third kappa shape index (κ3) is 2.00. The second-order valence-electron chi connectivity index (χ2n) is 8.19. The van der Waals surface area contributed by atoms with Crippen LogP contribution in [0.5, 0.6) is 0 Å². The van der Waals surface area contributed by atoms with Gasteiger partial charge in [0.15, 0.2) is 0 Å². The molecule has 5 rings (SSSR count). The Morgan fingerprint density at radius 3 is 2.64 bits per heavy atom. The molecule has 3 saturated carbocycles. The zero-order chi connectivity index (χ0) is 15.5. The highest BCUT2D eigenvalue weighted by Crippen LogP contribution is 2.65. The Morgan fingerprint density at radius 2 is 1.95 bits per heavy atom. The SMILES string of the molecule is CC1(C)C2CC3OB(C(N)Cc4ccccc4)OC3(C)C1C2. The molecule has 4 aliphatic rings. The van der Waals surface area contributed by atoms with Gasteiger partial charge in [-0.2, -0.15) is 0 Å². The van der Waals surface area contributed by atoms with Gasteiger partial charge in [-0.05, 0) is 49.0 Å². The van der Waals surface area contributed by atoms with Crippen LogP contribution < -0.4 is 5.73 Å². The van der Waals surface area contributed by atoms with Gasteiger partial charge in [0.25, 0.3) is 0 Å². The fourth-order valence-corrected chi connectivity index (χ4v) is 5.06. The number of hydrogen-bond donors (Lipinski definition) is 1. The van der Waals surface area contributed by atoms with Crippen molar-refractivity contribution in [2.75, 3.05) is 0 Å². The van der Waals surface area contributed by atoms with Gasteiger partial charge in [0.1, 0.15) is 0 Å². The van der Waals surface area contributed by atoms with E-state index in [0.717, 1.165) is 18.8 Å². The van der Waals surface area contributed by atoms with Gasteiger partial charge >= 0.3 is 7.12 Å². The van der Waals surface area contributed by atoms with Crippen molar-refractivity contribution in [1.29, 1.82) is 0 Å². The fraction of sp³-hybridized carbons (Fsp3) is 0.667. The average Bonchev–Trinajstić information content (AvgIpc) is 2.85. The maximum Gasteiger partial charge on any atom is 0.475 e. The lowest BCUT2D eigenvalue weighted by molar-refractivity contribution is -0.199. The lowest BCUT2D eigenvalue weighted by atomic mass is 9.43. The van der Waals surface area contributed by atoms with E-state index in [1.54, 1.807) is 0 Å². The van der Waals surface area contributed by atoms with Crippen LogP contribution in [0.1, 0.15) is 39.2 Å². The predicted octanol–water partition coefficient (Wildman–Crippen LogP) is 2.82. The van der Waals surface area contributed by atoms with E-state index in [1.165, 1.54) is 12.0 Å². The van der Waals surface area contributed by atoms with Crippen LogP contribution in [-0.4, -0.2) is 24.8 Å². The molecule has 1 aromatic carbocycles. The molecule has 0 spiro atoms. The first-order valence-electron chi connectivity index (χ1n) is 8.54. The lowest BCUT2D eigenvalue weighted by Crippen LogP contribution is -2.65. The molecule has 5 atom stereocenters. The molecule has 0 aromatic heterocycles. The summed E-state index contributed by atoms with van der Waals surface area (Å²) in [4.78, 5) is 0. The quantitative estimate of drug-likeness (QED) is 0.873. The Balaban J connectivity index is 1.48. The first-order chi connectivity index (χ1) is 10.4. The van der Waals surface area contributed by atoms with Crippen molar-refractivity contribution in [3.8, 4) is 0 Å². The zero-order valence-corrected chi connectivity index (χ0v) is 13.8. The van der Waals surface area contributed by atoms with E-state index >= 15 is 0 Å². The smallest absolute Gasteiger partial charge is 0.404 e. The number of hydrogen-bond acceptors (Lipinski definition) is 3. The molecule has 1 aliphatic heterocycles. The van der Waals surface area contributed by atoms with Crippen molar-refractivity contribution < 1.29 is 9.31 Å². The first-order valence-corrected chi connectivity index (χ1v) is 8.54. The molecule has 118 valence electrons. The Hall–Kier alpha value is -0.835. The number of benzene rings is 1. The van der Waals surface area contributed by atoms with Crippen LogP contribution in [0.2, 0.25) is 0 Å². The minimum atomic E-state index is -0.273. The van der Waals surface area contributed by atoms with Crippen molar-refractivity contribution in [2.45, 2.75) is 57.7 Å². The maximum absolute atomic E-state index is 6.43. The largest absolute Gasteiger partial charge is 0.475 e. The summed E-state index contributed by atoms with van der Waals surface area (Å²) in [6.45, 7) is 7.01. The Morgan fingerprint density at radius 1 is 1.23 bits per heavy atom. The van der Waals surface area contributed by atoms with Crippen molar-refractivity contribution in [3.05, 3.63) is 35.9 Å². The van der Waals surface area contributed by atoms with Crippen molar-refractivity contribution in [3.63, 3.8) is 0 Å². The summed E-state index contributed by atoms with van der Waals surface area (Å²) in [6.07, 6.45) is 3.42. The molecule has 2 N–H and O–H groups in total. The topological polar surface area (TPSA) is 44.5 Å². The van der Waals surface area contributed by atoms with E-state index in [0.29, 0.717) is 11.3 Å². The molecule has 2 bridgehead atoms. The van der Waals surface area contributed by atoms with E-state index in [2.05, 4.69) is 45.0 Å². The molecular formula is C18H26BNO2. The van der Waals surface area contributed by atoms with E-state index in [9.17, 15) is 0 Å². The Bertz CT molecular complexity index is 563. The standard InChI is InChI=1S/C18H26BNO2/c1-17(2)13-10-14(17)18(3)15(11-13)21-19(22-18)16(20)9-12-7-5-4-6-8-12/h4-8,13-16H,9-11,20H2,1-3H3. The summed E-state index contributed by atoms with van der Waals surface area (Å²) in [7, 11) is -0.273.